The molecule has 4 heteroatoms. The van der Waals surface area contributed by atoms with Crippen molar-refractivity contribution in [2.75, 3.05) is 20.8 Å². The van der Waals surface area contributed by atoms with Crippen molar-refractivity contribution in [3.05, 3.63) is 0 Å². The molecule has 0 spiro atoms. The molecule has 0 amide bonds. The Morgan fingerprint density at radius 1 is 1.07 bits per heavy atom. The molecule has 0 fully saturated rings. The number of nitrogens with one attached hydrogen (secondary N) is 1. The molecule has 4 nitrogen and oxygen atoms in total. The first-order valence-electron chi connectivity index (χ1n) is 4.99. The molecular formula is C10H23NO3. The Balaban J connectivity index is 3.96. The zero-order valence-corrected chi connectivity index (χ0v) is 9.78. The third-order valence-corrected chi connectivity index (χ3v) is 2.54. The molecular weight excluding hydrogens is 182 g/mol. The fraction of sp³-hybridized carbons (Fsp3) is 1.00. The van der Waals surface area contributed by atoms with Crippen LogP contribution in [-0.4, -0.2) is 44.3 Å². The van der Waals surface area contributed by atoms with Crippen LogP contribution in [0.15, 0.2) is 0 Å². The van der Waals surface area contributed by atoms with Crippen LogP contribution in [0, 0.1) is 5.92 Å². The number of aliphatic hydroxyl groups excluding tert-OH is 1. The van der Waals surface area contributed by atoms with Crippen molar-refractivity contribution in [3.63, 3.8) is 0 Å². The lowest BCUT2D eigenvalue weighted by molar-refractivity contribution is -0.121. The molecule has 0 saturated carbocycles. The van der Waals surface area contributed by atoms with E-state index < -0.39 is 0 Å². The van der Waals surface area contributed by atoms with E-state index in [1.54, 1.807) is 14.2 Å². The maximum Gasteiger partial charge on any atom is 0.171 e. The van der Waals surface area contributed by atoms with Gasteiger partial charge in [-0.1, -0.05) is 6.92 Å². The number of rotatable bonds is 7. The van der Waals surface area contributed by atoms with Gasteiger partial charge in [-0.25, -0.2) is 0 Å². The molecule has 86 valence electrons. The van der Waals surface area contributed by atoms with Gasteiger partial charge in [0.05, 0.1) is 6.04 Å². The molecule has 0 bridgehead atoms. The molecule has 0 aromatic carbocycles. The summed E-state index contributed by atoms with van der Waals surface area (Å²) in [6.07, 6.45) is -0.247. The van der Waals surface area contributed by atoms with Crippen LogP contribution in [0.5, 0.6) is 0 Å². The van der Waals surface area contributed by atoms with Crippen LogP contribution in [0.1, 0.15) is 20.8 Å². The lowest BCUT2D eigenvalue weighted by Crippen LogP contribution is -2.46. The van der Waals surface area contributed by atoms with Gasteiger partial charge in [-0.05, 0) is 19.8 Å². The summed E-state index contributed by atoms with van der Waals surface area (Å²) in [7, 11) is 3.24. The van der Waals surface area contributed by atoms with Gasteiger partial charge in [0.15, 0.2) is 6.29 Å². The normalized spacial score (nSPS) is 18.2. The SMILES string of the molecule is COC(OC)C(C)NC(C)C(C)CO. The van der Waals surface area contributed by atoms with E-state index in [0.29, 0.717) is 0 Å². The van der Waals surface area contributed by atoms with E-state index in [9.17, 15) is 0 Å². The minimum Gasteiger partial charge on any atom is -0.396 e. The highest BCUT2D eigenvalue weighted by molar-refractivity contribution is 4.73. The quantitative estimate of drug-likeness (QED) is 0.598. The first-order valence-corrected chi connectivity index (χ1v) is 4.99. The van der Waals surface area contributed by atoms with Crippen molar-refractivity contribution in [2.45, 2.75) is 39.1 Å². The van der Waals surface area contributed by atoms with Crippen LogP contribution < -0.4 is 5.32 Å². The molecule has 3 atom stereocenters. The Morgan fingerprint density at radius 3 is 1.93 bits per heavy atom. The third-order valence-electron chi connectivity index (χ3n) is 2.54. The highest BCUT2D eigenvalue weighted by Crippen LogP contribution is 2.05. The summed E-state index contributed by atoms with van der Waals surface area (Å²) in [6.45, 7) is 6.22. The summed E-state index contributed by atoms with van der Waals surface area (Å²) in [5.74, 6) is 0.229. The smallest absolute Gasteiger partial charge is 0.171 e. The van der Waals surface area contributed by atoms with Gasteiger partial charge in [0.2, 0.25) is 0 Å². The largest absolute Gasteiger partial charge is 0.396 e. The molecule has 0 aromatic rings. The number of hydrogen-bond donors (Lipinski definition) is 2. The molecule has 0 aliphatic rings. The van der Waals surface area contributed by atoms with E-state index in [1.807, 2.05) is 20.8 Å². The number of aliphatic hydroxyl groups is 1. The van der Waals surface area contributed by atoms with E-state index in [0.717, 1.165) is 0 Å². The van der Waals surface area contributed by atoms with Crippen molar-refractivity contribution >= 4 is 0 Å². The average molecular weight is 205 g/mol. The van der Waals surface area contributed by atoms with Gasteiger partial charge in [0.1, 0.15) is 0 Å². The highest BCUT2D eigenvalue weighted by Gasteiger charge is 2.20. The lowest BCUT2D eigenvalue weighted by Gasteiger charge is -2.28. The second-order valence-electron chi connectivity index (χ2n) is 3.74. The molecule has 3 unspecified atom stereocenters. The molecule has 0 rings (SSSR count). The maximum atomic E-state index is 8.97. The Bertz CT molecular complexity index is 139. The zero-order chi connectivity index (χ0) is 11.1. The number of ether oxygens (including phenoxy) is 2. The molecule has 0 saturated heterocycles. The van der Waals surface area contributed by atoms with Gasteiger partial charge in [0.25, 0.3) is 0 Å². The van der Waals surface area contributed by atoms with Gasteiger partial charge in [0, 0.05) is 26.9 Å². The minimum absolute atomic E-state index is 0.106. The minimum atomic E-state index is -0.247. The van der Waals surface area contributed by atoms with E-state index in [1.165, 1.54) is 0 Å². The summed E-state index contributed by atoms with van der Waals surface area (Å²) in [6, 6.07) is 0.344. The summed E-state index contributed by atoms with van der Waals surface area (Å²) in [5, 5.41) is 12.3. The predicted molar refractivity (Wildman–Crippen MR) is 56.1 cm³/mol. The van der Waals surface area contributed by atoms with E-state index in [2.05, 4.69) is 5.32 Å². The van der Waals surface area contributed by atoms with Crippen LogP contribution in [-0.2, 0) is 9.47 Å². The third kappa shape index (κ3) is 4.37. The van der Waals surface area contributed by atoms with Crippen molar-refractivity contribution in [1.82, 2.24) is 5.32 Å². The van der Waals surface area contributed by atoms with Crippen LogP contribution in [0.2, 0.25) is 0 Å². The molecule has 0 aliphatic carbocycles. The molecule has 0 heterocycles. The van der Waals surface area contributed by atoms with Crippen molar-refractivity contribution < 1.29 is 14.6 Å². The summed E-state index contributed by atoms with van der Waals surface area (Å²) in [4.78, 5) is 0. The fourth-order valence-electron chi connectivity index (χ4n) is 1.32. The van der Waals surface area contributed by atoms with Gasteiger partial charge >= 0.3 is 0 Å². The van der Waals surface area contributed by atoms with Crippen molar-refractivity contribution in [2.24, 2.45) is 5.92 Å². The predicted octanol–water partition coefficient (Wildman–Crippen LogP) is 0.600. The Labute approximate surface area is 86.6 Å². The molecule has 14 heavy (non-hydrogen) atoms. The molecule has 0 radical (unpaired) electrons. The monoisotopic (exact) mass is 205 g/mol. The van der Waals surface area contributed by atoms with Crippen LogP contribution in [0.3, 0.4) is 0 Å². The van der Waals surface area contributed by atoms with E-state index in [-0.39, 0.29) is 30.9 Å². The zero-order valence-electron chi connectivity index (χ0n) is 9.78. The van der Waals surface area contributed by atoms with Gasteiger partial charge in [-0.15, -0.1) is 0 Å². The second kappa shape index (κ2) is 7.17. The first-order chi connectivity index (χ1) is 6.56. The van der Waals surface area contributed by atoms with Crippen LogP contribution in [0.4, 0.5) is 0 Å². The summed E-state index contributed by atoms with van der Waals surface area (Å²) < 4.78 is 10.3. The highest BCUT2D eigenvalue weighted by atomic mass is 16.7. The van der Waals surface area contributed by atoms with Gasteiger partial charge in [-0.3, -0.25) is 0 Å². The van der Waals surface area contributed by atoms with E-state index in [4.69, 9.17) is 14.6 Å². The lowest BCUT2D eigenvalue weighted by atomic mass is 10.0. The van der Waals surface area contributed by atoms with Crippen molar-refractivity contribution in [1.29, 1.82) is 0 Å². The Morgan fingerprint density at radius 2 is 1.57 bits per heavy atom. The fourth-order valence-corrected chi connectivity index (χ4v) is 1.32. The maximum absolute atomic E-state index is 8.97. The van der Waals surface area contributed by atoms with Crippen LogP contribution >= 0.6 is 0 Å². The molecule has 0 aromatic heterocycles. The standard InChI is InChI=1S/C10H23NO3/c1-7(6-12)8(2)11-9(3)10(13-4)14-5/h7-12H,6H2,1-5H3. The number of hydrogen-bond acceptors (Lipinski definition) is 4. The van der Waals surface area contributed by atoms with Crippen molar-refractivity contribution in [3.8, 4) is 0 Å². The molecule has 2 N–H and O–H groups in total. The van der Waals surface area contributed by atoms with Gasteiger partial charge in [-0.2, -0.15) is 0 Å². The van der Waals surface area contributed by atoms with Crippen LogP contribution in [0.25, 0.3) is 0 Å². The first kappa shape index (κ1) is 13.8. The molecule has 0 aliphatic heterocycles. The van der Waals surface area contributed by atoms with E-state index >= 15 is 0 Å². The average Bonchev–Trinajstić information content (AvgIpc) is 2.18. The van der Waals surface area contributed by atoms with Gasteiger partial charge < -0.3 is 19.9 Å². The summed E-state index contributed by atoms with van der Waals surface area (Å²) >= 11 is 0. The number of methoxy groups -OCH3 is 2. The topological polar surface area (TPSA) is 50.7 Å². The Hall–Kier alpha value is -0.160. The second-order valence-corrected chi connectivity index (χ2v) is 3.74. The Kier molecular flexibility index (Phi) is 7.09. The summed E-state index contributed by atoms with van der Waals surface area (Å²) in [5.41, 5.74) is 0.